The SMILES string of the molecule is CC[C@]12C=CCN3CCC4(c5cc([C@]6(C(=O)OC)C[C@@H]7CN(CCc8c6[nH]c6ccccc86)CC6CCCCC67)c(OC)cc5N(C)C4[C@](O)(C(=O)OC)C1OC(C)=O)[C@@H]32.COS(=O)(=O)O. The largest absolute Gasteiger partial charge is 0.496 e. The van der Waals surface area contributed by atoms with Crippen LogP contribution in [0.3, 0.4) is 0 Å². The average molecular weight is 933 g/mol. The van der Waals surface area contributed by atoms with E-state index in [1.54, 1.807) is 7.11 Å². The van der Waals surface area contributed by atoms with Gasteiger partial charge in [0.15, 0.2) is 6.10 Å². The number of anilines is 1. The van der Waals surface area contributed by atoms with Gasteiger partial charge in [0, 0.05) is 90.9 Å². The van der Waals surface area contributed by atoms with Crippen LogP contribution in [0.15, 0.2) is 48.6 Å². The molecule has 2 bridgehead atoms. The summed E-state index contributed by atoms with van der Waals surface area (Å²) in [6.45, 7) is 7.65. The number of aromatic amines is 1. The van der Waals surface area contributed by atoms with Gasteiger partial charge in [-0.15, -0.1) is 0 Å². The van der Waals surface area contributed by atoms with Crippen LogP contribution in [-0.4, -0.2) is 143 Å². The molecule has 4 fully saturated rings. The van der Waals surface area contributed by atoms with E-state index in [0.29, 0.717) is 49.9 Å². The van der Waals surface area contributed by atoms with E-state index < -0.39 is 56.3 Å². The van der Waals surface area contributed by atoms with Crippen LogP contribution >= 0.6 is 0 Å². The van der Waals surface area contributed by atoms with Crippen molar-refractivity contribution in [3.63, 3.8) is 0 Å². The molecule has 3 N–H and O–H groups in total. The quantitative estimate of drug-likeness (QED) is 0.128. The molecule has 6 unspecified atom stereocenters. The Morgan fingerprint density at radius 1 is 0.939 bits per heavy atom. The number of rotatable bonds is 7. The van der Waals surface area contributed by atoms with Gasteiger partial charge in [-0.25, -0.2) is 4.79 Å². The molecule has 3 aromatic rings. The van der Waals surface area contributed by atoms with Crippen LogP contribution in [0.25, 0.3) is 10.9 Å². The number of benzene rings is 2. The van der Waals surface area contributed by atoms with Gasteiger partial charge in [-0.2, -0.15) is 8.42 Å². The van der Waals surface area contributed by atoms with Gasteiger partial charge < -0.3 is 38.8 Å². The van der Waals surface area contributed by atoms with Crippen molar-refractivity contribution < 1.29 is 55.6 Å². The van der Waals surface area contributed by atoms with Gasteiger partial charge in [0.2, 0.25) is 5.60 Å². The Morgan fingerprint density at radius 3 is 2.33 bits per heavy atom. The third kappa shape index (κ3) is 6.68. The number of methoxy groups -OCH3 is 3. The highest BCUT2D eigenvalue weighted by Crippen LogP contribution is 2.68. The smallest absolute Gasteiger partial charge is 0.397 e. The lowest BCUT2D eigenvalue weighted by molar-refractivity contribution is -0.228. The van der Waals surface area contributed by atoms with Crippen molar-refractivity contribution in [3.05, 3.63) is 70.9 Å². The Kier molecular flexibility index (Phi) is 11.9. The number of carbonyl (C=O) groups is 3. The fraction of sp³-hybridized carbons (Fsp3) is 0.612. The summed E-state index contributed by atoms with van der Waals surface area (Å²) >= 11 is 0. The van der Waals surface area contributed by atoms with Crippen LogP contribution in [0.4, 0.5) is 5.69 Å². The molecule has 66 heavy (non-hydrogen) atoms. The van der Waals surface area contributed by atoms with Crippen molar-refractivity contribution in [1.29, 1.82) is 0 Å². The van der Waals surface area contributed by atoms with Crippen molar-refractivity contribution in [2.75, 3.05) is 73.1 Å². The lowest BCUT2D eigenvalue weighted by atomic mass is 9.47. The lowest BCUT2D eigenvalue weighted by Gasteiger charge is -2.63. The third-order valence-electron chi connectivity index (χ3n) is 17.0. The molecule has 0 radical (unpaired) electrons. The molecular weight excluding hydrogens is 869 g/mol. The molecule has 2 saturated carbocycles. The van der Waals surface area contributed by atoms with E-state index in [1.165, 1.54) is 40.4 Å². The molecule has 6 heterocycles. The molecule has 0 amide bonds. The Labute approximate surface area is 386 Å². The maximum atomic E-state index is 15.5. The molecule has 2 aromatic carbocycles. The number of para-hydroxylation sites is 1. The first-order valence-electron chi connectivity index (χ1n) is 23.3. The fourth-order valence-corrected chi connectivity index (χ4v) is 14.7. The summed E-state index contributed by atoms with van der Waals surface area (Å²) in [6.07, 6.45) is 10.1. The van der Waals surface area contributed by atoms with Gasteiger partial charge in [-0.3, -0.25) is 23.2 Å². The van der Waals surface area contributed by atoms with Crippen molar-refractivity contribution in [1.82, 2.24) is 14.8 Å². The van der Waals surface area contributed by atoms with Gasteiger partial charge in [-0.05, 0) is 86.1 Å². The molecule has 16 nitrogen and oxygen atoms in total. The van der Waals surface area contributed by atoms with Crippen LogP contribution in [0, 0.1) is 23.2 Å². The summed E-state index contributed by atoms with van der Waals surface area (Å²) in [5.74, 6) is 0.0532. The number of likely N-dealkylation sites (N-methyl/N-ethyl adjacent to an activating group) is 1. The zero-order chi connectivity index (χ0) is 47.1. The highest BCUT2D eigenvalue weighted by Gasteiger charge is 2.80. The van der Waals surface area contributed by atoms with Gasteiger partial charge >= 0.3 is 28.3 Å². The minimum atomic E-state index is -4.16. The summed E-state index contributed by atoms with van der Waals surface area (Å²) in [4.78, 5) is 53.9. The summed E-state index contributed by atoms with van der Waals surface area (Å²) in [5, 5.41) is 14.5. The van der Waals surface area contributed by atoms with Crippen LogP contribution in [0.5, 0.6) is 5.75 Å². The first kappa shape index (κ1) is 46.6. The number of H-pyrrole nitrogens is 1. The summed E-state index contributed by atoms with van der Waals surface area (Å²) in [5.41, 5.74) is 0.0512. The monoisotopic (exact) mass is 932 g/mol. The molecule has 358 valence electrons. The van der Waals surface area contributed by atoms with Gasteiger partial charge in [0.25, 0.3) is 0 Å². The fourth-order valence-electron chi connectivity index (χ4n) is 14.7. The minimum absolute atomic E-state index is 0.217. The average Bonchev–Trinajstić information content (AvgIpc) is 3.98. The number of esters is 3. The zero-order valence-electron chi connectivity index (χ0n) is 39.0. The van der Waals surface area contributed by atoms with Crippen molar-refractivity contribution in [2.24, 2.45) is 23.2 Å². The molecule has 1 aromatic heterocycles. The number of hydrogen-bond acceptors (Lipinski definition) is 14. The van der Waals surface area contributed by atoms with Gasteiger partial charge in [0.1, 0.15) is 11.2 Å². The Hall–Kier alpha value is -4.52. The van der Waals surface area contributed by atoms with Crippen LogP contribution in [-0.2, 0) is 60.4 Å². The summed E-state index contributed by atoms with van der Waals surface area (Å²) in [7, 11) is 3.05. The molecule has 7 aliphatic rings. The second kappa shape index (κ2) is 16.9. The lowest BCUT2D eigenvalue weighted by Crippen LogP contribution is -2.81. The maximum absolute atomic E-state index is 15.5. The normalized spacial score (nSPS) is 35.3. The number of hydrogen-bond donors (Lipinski definition) is 3. The summed E-state index contributed by atoms with van der Waals surface area (Å²) in [6, 6.07) is 11.4. The van der Waals surface area contributed by atoms with Crippen molar-refractivity contribution in [2.45, 2.75) is 99.8 Å². The van der Waals surface area contributed by atoms with Crippen LogP contribution in [0.2, 0.25) is 0 Å². The highest BCUT2D eigenvalue weighted by atomic mass is 32.3. The van der Waals surface area contributed by atoms with E-state index in [0.717, 1.165) is 78.6 Å². The molecule has 11 atom stereocenters. The Balaban J connectivity index is 0.000000857. The Bertz CT molecular complexity index is 2560. The molecule has 2 saturated heterocycles. The predicted octanol–water partition coefficient (Wildman–Crippen LogP) is 4.70. The second-order valence-corrected chi connectivity index (χ2v) is 20.8. The van der Waals surface area contributed by atoms with E-state index >= 15 is 4.79 Å². The van der Waals surface area contributed by atoms with Crippen LogP contribution < -0.4 is 9.64 Å². The zero-order valence-corrected chi connectivity index (χ0v) is 39.8. The van der Waals surface area contributed by atoms with E-state index in [1.807, 2.05) is 31.0 Å². The number of ether oxygens (including phenoxy) is 4. The minimum Gasteiger partial charge on any atom is -0.496 e. The van der Waals surface area contributed by atoms with Gasteiger partial charge in [0.05, 0.1) is 34.5 Å². The number of carbonyl (C=O) groups excluding carboxylic acids is 3. The van der Waals surface area contributed by atoms with E-state index in [4.69, 9.17) is 23.5 Å². The summed E-state index contributed by atoms with van der Waals surface area (Å²) < 4.78 is 53.9. The highest BCUT2D eigenvalue weighted by molar-refractivity contribution is 7.80. The number of nitrogens with one attached hydrogen (secondary N) is 1. The Morgan fingerprint density at radius 2 is 1.65 bits per heavy atom. The van der Waals surface area contributed by atoms with Crippen molar-refractivity contribution >= 4 is 44.9 Å². The number of piperidine rings is 1. The third-order valence-corrected chi connectivity index (χ3v) is 17.4. The first-order chi connectivity index (χ1) is 31.5. The van der Waals surface area contributed by atoms with Gasteiger partial charge in [-0.1, -0.05) is 50.1 Å². The molecule has 17 heteroatoms. The number of aromatic nitrogens is 1. The van der Waals surface area contributed by atoms with E-state index in [9.17, 15) is 23.1 Å². The van der Waals surface area contributed by atoms with E-state index in [2.05, 4.69) is 55.4 Å². The van der Waals surface area contributed by atoms with Crippen LogP contribution in [0.1, 0.15) is 81.2 Å². The number of aliphatic hydroxyl groups is 1. The molecule has 2 aliphatic carbocycles. The standard InChI is InChI=1S/C48H60N4O8.CH4O4S/c1-7-45-18-12-20-52-22-19-46(40(45)52)34-23-35(38(57-4)24-37(34)50(3)41(46)48(56,44(55)59-6)42(45)60-28(2)53)47(43(54)58-5)25-30-27-51(26-29-13-8-9-14-31(29)30)21-17-33-32-15-10-11-16-36(32)49-39(33)47;1-5-6(2,3)4/h10-12,15-16,18,23-24,29-31,40-42,49,56H,7-9,13-14,17,19-22,25-27H2,1-6H3;1H3,(H,2,3,4)/t29?,30-,31?,40+,41?,42?,45-,46?,47-,48-;/m1./s1. The molecule has 10 rings (SSSR count). The van der Waals surface area contributed by atoms with E-state index in [-0.39, 0.29) is 17.9 Å². The second-order valence-electron chi connectivity index (χ2n) is 19.6. The predicted molar refractivity (Wildman–Crippen MR) is 245 cm³/mol. The number of nitrogens with zero attached hydrogens (tertiary/aromatic N) is 3. The maximum Gasteiger partial charge on any atom is 0.397 e. The molecule has 1 spiro atoms. The topological polar surface area (TPSA) is 197 Å². The molecule has 5 aliphatic heterocycles. The molecular formula is C49H64N4O12S. The number of fused-ring (bicyclic) bond motifs is 8. The van der Waals surface area contributed by atoms with Crippen molar-refractivity contribution in [3.8, 4) is 5.75 Å². The first-order valence-corrected chi connectivity index (χ1v) is 24.7.